The minimum Gasteiger partial charge on any atom is -0.495 e. The van der Waals surface area contributed by atoms with E-state index in [0.29, 0.717) is 5.75 Å². The van der Waals surface area contributed by atoms with Gasteiger partial charge in [0.2, 0.25) is 0 Å². The quantitative estimate of drug-likeness (QED) is 0.478. The van der Waals surface area contributed by atoms with Crippen molar-refractivity contribution in [3.05, 3.63) is 31.4 Å². The highest BCUT2D eigenvalue weighted by molar-refractivity contribution is 14.1. The molecule has 0 unspecified atom stereocenters. The first-order chi connectivity index (χ1) is 6.06. The van der Waals surface area contributed by atoms with E-state index in [9.17, 15) is 10.1 Å². The Hall–Kier alpha value is -0.850. The molecule has 70 valence electrons. The molecule has 0 amide bonds. The van der Waals surface area contributed by atoms with Crippen molar-refractivity contribution in [2.75, 3.05) is 7.11 Å². The summed E-state index contributed by atoms with van der Waals surface area (Å²) in [5.41, 5.74) is 0.879. The Bertz CT molecular complexity index is 328. The first-order valence-electron chi connectivity index (χ1n) is 3.54. The zero-order valence-corrected chi connectivity index (χ0v) is 9.36. The highest BCUT2D eigenvalue weighted by atomic mass is 127. The Morgan fingerprint density at radius 2 is 2.15 bits per heavy atom. The molecule has 1 aromatic rings. The summed E-state index contributed by atoms with van der Waals surface area (Å²) in [4.78, 5) is 10.1. The van der Waals surface area contributed by atoms with Crippen molar-refractivity contribution in [1.82, 2.24) is 0 Å². The van der Waals surface area contributed by atoms with Gasteiger partial charge >= 0.3 is 0 Å². The van der Waals surface area contributed by atoms with Gasteiger partial charge in [-0.25, -0.2) is 0 Å². The summed E-state index contributed by atoms with van der Waals surface area (Å²) in [7, 11) is 1.55. The molecule has 13 heavy (non-hydrogen) atoms. The highest BCUT2D eigenvalue weighted by Crippen LogP contribution is 2.29. The number of hydrogen-bond acceptors (Lipinski definition) is 3. The lowest BCUT2D eigenvalue weighted by Gasteiger charge is -2.05. The van der Waals surface area contributed by atoms with E-state index in [1.807, 2.05) is 22.6 Å². The Morgan fingerprint density at radius 3 is 2.54 bits per heavy atom. The van der Waals surface area contributed by atoms with E-state index in [-0.39, 0.29) is 5.69 Å². The Labute approximate surface area is 89.2 Å². The number of ether oxygens (including phenoxy) is 1. The topological polar surface area (TPSA) is 52.4 Å². The molecule has 0 aliphatic rings. The SMILES string of the molecule is COc1c(C)cc([N+](=O)[O-])cc1I. The predicted molar refractivity (Wildman–Crippen MR) is 57.1 cm³/mol. The highest BCUT2D eigenvalue weighted by Gasteiger charge is 2.12. The molecule has 5 heteroatoms. The summed E-state index contributed by atoms with van der Waals surface area (Å²) < 4.78 is 5.84. The van der Waals surface area contributed by atoms with Gasteiger partial charge in [0.15, 0.2) is 0 Å². The Balaban J connectivity index is 3.28. The summed E-state index contributed by atoms with van der Waals surface area (Å²) in [6.07, 6.45) is 0. The van der Waals surface area contributed by atoms with Crippen molar-refractivity contribution in [3.63, 3.8) is 0 Å². The van der Waals surface area contributed by atoms with Gasteiger partial charge in [-0.05, 0) is 35.1 Å². The third-order valence-electron chi connectivity index (χ3n) is 1.63. The van der Waals surface area contributed by atoms with Gasteiger partial charge in [-0.3, -0.25) is 10.1 Å². The number of nitro benzene ring substituents is 1. The number of hydrogen-bond donors (Lipinski definition) is 0. The lowest BCUT2D eigenvalue weighted by molar-refractivity contribution is -0.385. The van der Waals surface area contributed by atoms with Crippen LogP contribution in [-0.2, 0) is 0 Å². The van der Waals surface area contributed by atoms with Gasteiger partial charge in [0, 0.05) is 12.1 Å². The average Bonchev–Trinajstić information content (AvgIpc) is 2.03. The molecule has 1 aromatic carbocycles. The number of aryl methyl sites for hydroxylation is 1. The number of methoxy groups -OCH3 is 1. The van der Waals surface area contributed by atoms with E-state index in [4.69, 9.17) is 4.74 Å². The van der Waals surface area contributed by atoms with Crippen LogP contribution in [0, 0.1) is 20.6 Å². The van der Waals surface area contributed by atoms with Crippen molar-refractivity contribution < 1.29 is 9.66 Å². The molecule has 0 fully saturated rings. The van der Waals surface area contributed by atoms with Crippen molar-refractivity contribution in [2.45, 2.75) is 6.92 Å². The number of rotatable bonds is 2. The number of nitro groups is 1. The van der Waals surface area contributed by atoms with E-state index in [1.165, 1.54) is 12.1 Å². The minimum atomic E-state index is -0.408. The summed E-state index contributed by atoms with van der Waals surface area (Å²) in [6.45, 7) is 1.79. The maximum absolute atomic E-state index is 10.5. The van der Waals surface area contributed by atoms with Gasteiger partial charge in [0.05, 0.1) is 15.6 Å². The number of nitrogens with zero attached hydrogens (tertiary/aromatic N) is 1. The average molecular weight is 293 g/mol. The van der Waals surface area contributed by atoms with Crippen LogP contribution in [0.5, 0.6) is 5.75 Å². The zero-order valence-electron chi connectivity index (χ0n) is 7.20. The largest absolute Gasteiger partial charge is 0.495 e. The predicted octanol–water partition coefficient (Wildman–Crippen LogP) is 2.52. The van der Waals surface area contributed by atoms with Gasteiger partial charge in [-0.2, -0.15) is 0 Å². The standard InChI is InChI=1S/C8H8INO3/c1-5-3-6(10(11)12)4-7(9)8(5)13-2/h3-4H,1-2H3. The van der Waals surface area contributed by atoms with Crippen LogP contribution in [0.1, 0.15) is 5.56 Å². The second kappa shape index (κ2) is 3.91. The molecule has 4 nitrogen and oxygen atoms in total. The van der Waals surface area contributed by atoms with E-state index < -0.39 is 4.92 Å². The van der Waals surface area contributed by atoms with Gasteiger partial charge in [0.25, 0.3) is 5.69 Å². The van der Waals surface area contributed by atoms with Crippen molar-refractivity contribution >= 4 is 28.3 Å². The van der Waals surface area contributed by atoms with Crippen LogP contribution in [0.2, 0.25) is 0 Å². The number of benzene rings is 1. The second-order valence-electron chi connectivity index (χ2n) is 2.53. The smallest absolute Gasteiger partial charge is 0.271 e. The first kappa shape index (κ1) is 10.2. The molecule has 0 saturated carbocycles. The van der Waals surface area contributed by atoms with Crippen molar-refractivity contribution in [1.29, 1.82) is 0 Å². The van der Waals surface area contributed by atoms with Crippen LogP contribution in [-0.4, -0.2) is 12.0 Å². The molecule has 1 rings (SSSR count). The third-order valence-corrected chi connectivity index (χ3v) is 2.43. The molecule has 0 aromatic heterocycles. The molecule has 0 radical (unpaired) electrons. The first-order valence-corrected chi connectivity index (χ1v) is 4.62. The molecule has 0 heterocycles. The molecule has 0 saturated heterocycles. The van der Waals surface area contributed by atoms with Crippen LogP contribution in [0.25, 0.3) is 0 Å². The maximum Gasteiger partial charge on any atom is 0.271 e. The summed E-state index contributed by atoms with van der Waals surface area (Å²) >= 11 is 2.02. The number of halogens is 1. The van der Waals surface area contributed by atoms with Crippen LogP contribution in [0.4, 0.5) is 5.69 Å². The van der Waals surface area contributed by atoms with E-state index in [1.54, 1.807) is 14.0 Å². The second-order valence-corrected chi connectivity index (χ2v) is 3.70. The molecular weight excluding hydrogens is 285 g/mol. The van der Waals surface area contributed by atoms with Crippen LogP contribution in [0.15, 0.2) is 12.1 Å². The molecule has 0 bridgehead atoms. The fourth-order valence-corrected chi connectivity index (χ4v) is 2.04. The fourth-order valence-electron chi connectivity index (χ4n) is 1.08. The lowest BCUT2D eigenvalue weighted by atomic mass is 10.2. The van der Waals surface area contributed by atoms with Gasteiger partial charge in [0.1, 0.15) is 5.75 Å². The summed E-state index contributed by atoms with van der Waals surface area (Å²) in [6, 6.07) is 2.99. The molecule has 0 N–H and O–H groups in total. The fraction of sp³-hybridized carbons (Fsp3) is 0.250. The monoisotopic (exact) mass is 293 g/mol. The summed E-state index contributed by atoms with van der Waals surface area (Å²) in [5, 5.41) is 10.5. The Morgan fingerprint density at radius 1 is 1.54 bits per heavy atom. The molecule has 0 aliphatic heterocycles. The van der Waals surface area contributed by atoms with Crippen molar-refractivity contribution in [2.24, 2.45) is 0 Å². The van der Waals surface area contributed by atoms with Crippen molar-refractivity contribution in [3.8, 4) is 5.75 Å². The molecular formula is C8H8INO3. The normalized spacial score (nSPS) is 9.77. The third kappa shape index (κ3) is 2.09. The lowest BCUT2D eigenvalue weighted by Crippen LogP contribution is -1.94. The van der Waals surface area contributed by atoms with Crippen LogP contribution < -0.4 is 4.74 Å². The van der Waals surface area contributed by atoms with E-state index in [0.717, 1.165) is 9.13 Å². The van der Waals surface area contributed by atoms with Gasteiger partial charge in [-0.1, -0.05) is 0 Å². The number of non-ortho nitro benzene ring substituents is 1. The van der Waals surface area contributed by atoms with Crippen LogP contribution in [0.3, 0.4) is 0 Å². The zero-order chi connectivity index (χ0) is 10.0. The molecule has 0 spiro atoms. The molecule has 0 aliphatic carbocycles. The minimum absolute atomic E-state index is 0.0997. The Kier molecular flexibility index (Phi) is 3.07. The van der Waals surface area contributed by atoms with E-state index >= 15 is 0 Å². The maximum atomic E-state index is 10.5. The summed E-state index contributed by atoms with van der Waals surface area (Å²) in [5.74, 6) is 0.700. The van der Waals surface area contributed by atoms with E-state index in [2.05, 4.69) is 0 Å². The van der Waals surface area contributed by atoms with Gasteiger partial charge in [-0.15, -0.1) is 0 Å². The van der Waals surface area contributed by atoms with Gasteiger partial charge < -0.3 is 4.74 Å². The van der Waals surface area contributed by atoms with Crippen LogP contribution >= 0.6 is 22.6 Å². The molecule has 0 atom stereocenters.